The van der Waals surface area contributed by atoms with Crippen molar-refractivity contribution in [3.05, 3.63) is 75.7 Å². The molecule has 1 N–H and O–H groups in total. The molecule has 0 saturated heterocycles. The fourth-order valence-corrected chi connectivity index (χ4v) is 4.37. The second-order valence-electron chi connectivity index (χ2n) is 6.96. The molecule has 0 bridgehead atoms. The van der Waals surface area contributed by atoms with E-state index in [0.717, 1.165) is 49.1 Å². The Balaban J connectivity index is 1.51. The molecule has 4 rings (SSSR count). The van der Waals surface area contributed by atoms with Gasteiger partial charge in [-0.3, -0.25) is 9.36 Å². The summed E-state index contributed by atoms with van der Waals surface area (Å²) in [7, 11) is 0. The summed E-state index contributed by atoms with van der Waals surface area (Å²) in [6, 6.07) is 6.75. The van der Waals surface area contributed by atoms with Gasteiger partial charge in [0.2, 0.25) is 5.91 Å². The number of furan rings is 1. The number of hydrogen-bond acceptors (Lipinski definition) is 5. The lowest BCUT2D eigenvalue weighted by Crippen LogP contribution is -2.30. The van der Waals surface area contributed by atoms with E-state index in [4.69, 9.17) is 4.42 Å². The molecule has 0 aliphatic heterocycles. The lowest BCUT2D eigenvalue weighted by molar-refractivity contribution is -0.113. The number of carbonyl (C=O) groups excluding carboxylic acids is 1. The molecule has 0 radical (unpaired) electrons. The van der Waals surface area contributed by atoms with E-state index in [2.05, 4.69) is 10.3 Å². The van der Waals surface area contributed by atoms with Crippen molar-refractivity contribution in [2.24, 2.45) is 0 Å². The topological polar surface area (TPSA) is 77.1 Å². The molecule has 2 aromatic heterocycles. The van der Waals surface area contributed by atoms with Crippen molar-refractivity contribution >= 4 is 23.4 Å². The quantitative estimate of drug-likeness (QED) is 0.475. The lowest BCUT2D eigenvalue weighted by Gasteiger charge is -2.22. The standard InChI is InChI=1S/C21H19F2N3O3S/c22-16-8-7-13(10-17(16)23)24-19(27)12-30-20-15-5-1-2-6-18(15)26(21(28)25-20)11-14-4-3-9-29-14/h3-4,7-10H,1-2,5-6,11-12H2,(H,24,27). The first kappa shape index (κ1) is 20.3. The minimum atomic E-state index is -1.03. The molecule has 1 aliphatic rings. The number of aromatic nitrogens is 2. The highest BCUT2D eigenvalue weighted by Gasteiger charge is 2.21. The number of fused-ring (bicyclic) bond motifs is 1. The van der Waals surface area contributed by atoms with Crippen molar-refractivity contribution < 1.29 is 18.0 Å². The van der Waals surface area contributed by atoms with E-state index in [0.29, 0.717) is 17.3 Å². The number of anilines is 1. The van der Waals surface area contributed by atoms with Crippen LogP contribution in [0.5, 0.6) is 0 Å². The Morgan fingerprint density at radius 3 is 2.80 bits per heavy atom. The number of rotatable bonds is 6. The van der Waals surface area contributed by atoms with E-state index in [-0.39, 0.29) is 17.1 Å². The van der Waals surface area contributed by atoms with Crippen LogP contribution < -0.4 is 11.0 Å². The summed E-state index contributed by atoms with van der Waals surface area (Å²) >= 11 is 1.17. The van der Waals surface area contributed by atoms with Crippen molar-refractivity contribution in [2.75, 3.05) is 11.1 Å². The van der Waals surface area contributed by atoms with E-state index in [1.165, 1.54) is 17.8 Å². The first-order valence-corrected chi connectivity index (χ1v) is 10.5. The second-order valence-corrected chi connectivity index (χ2v) is 7.93. The zero-order valence-corrected chi connectivity index (χ0v) is 16.8. The lowest BCUT2D eigenvalue weighted by atomic mass is 9.97. The van der Waals surface area contributed by atoms with Gasteiger partial charge in [0, 0.05) is 23.0 Å². The number of thioether (sulfide) groups is 1. The zero-order chi connectivity index (χ0) is 21.1. The number of benzene rings is 1. The fourth-order valence-electron chi connectivity index (χ4n) is 3.49. The number of halogens is 2. The molecule has 9 heteroatoms. The van der Waals surface area contributed by atoms with Crippen molar-refractivity contribution in [1.29, 1.82) is 0 Å². The van der Waals surface area contributed by atoms with Gasteiger partial charge >= 0.3 is 5.69 Å². The number of carbonyl (C=O) groups is 1. The minimum absolute atomic E-state index is 0.0000721. The van der Waals surface area contributed by atoms with Gasteiger partial charge in [-0.1, -0.05) is 11.8 Å². The van der Waals surface area contributed by atoms with Crippen LogP contribution in [0.3, 0.4) is 0 Å². The molecule has 30 heavy (non-hydrogen) atoms. The summed E-state index contributed by atoms with van der Waals surface area (Å²) in [5.74, 6) is -1.72. The molecular formula is C21H19F2N3O3S. The summed E-state index contributed by atoms with van der Waals surface area (Å²) in [5, 5.41) is 3.07. The van der Waals surface area contributed by atoms with Gasteiger partial charge in [0.25, 0.3) is 0 Å². The Morgan fingerprint density at radius 2 is 2.03 bits per heavy atom. The van der Waals surface area contributed by atoms with E-state index in [1.54, 1.807) is 16.9 Å². The highest BCUT2D eigenvalue weighted by atomic mass is 32.2. The third-order valence-corrected chi connectivity index (χ3v) is 5.91. The fraction of sp³-hybridized carbons (Fsp3) is 0.286. The maximum absolute atomic E-state index is 13.3. The molecule has 3 aromatic rings. The average Bonchev–Trinajstić information content (AvgIpc) is 3.25. The molecule has 0 fully saturated rings. The van der Waals surface area contributed by atoms with Crippen molar-refractivity contribution in [1.82, 2.24) is 9.55 Å². The molecule has 1 aromatic carbocycles. The average molecular weight is 431 g/mol. The van der Waals surface area contributed by atoms with Crippen molar-refractivity contribution in [3.63, 3.8) is 0 Å². The van der Waals surface area contributed by atoms with E-state index in [1.807, 2.05) is 6.07 Å². The number of nitrogens with zero attached hydrogens (tertiary/aromatic N) is 2. The maximum Gasteiger partial charge on any atom is 0.349 e. The zero-order valence-electron chi connectivity index (χ0n) is 16.0. The molecular weight excluding hydrogens is 412 g/mol. The highest BCUT2D eigenvalue weighted by Crippen LogP contribution is 2.29. The van der Waals surface area contributed by atoms with Crippen LogP contribution in [0.15, 0.2) is 50.8 Å². The molecule has 0 saturated carbocycles. The molecule has 1 aliphatic carbocycles. The van der Waals surface area contributed by atoms with Crippen LogP contribution in [0.1, 0.15) is 29.9 Å². The Kier molecular flexibility index (Phi) is 5.98. The SMILES string of the molecule is O=C(CSc1nc(=O)n(Cc2ccco2)c2c1CCCC2)Nc1ccc(F)c(F)c1. The van der Waals surface area contributed by atoms with Crippen LogP contribution >= 0.6 is 11.8 Å². The first-order valence-electron chi connectivity index (χ1n) is 9.54. The number of amides is 1. The second kappa shape index (κ2) is 8.83. The van der Waals surface area contributed by atoms with E-state index in [9.17, 15) is 18.4 Å². The Labute approximate surface area is 175 Å². The van der Waals surface area contributed by atoms with Gasteiger partial charge in [0.05, 0.1) is 18.6 Å². The first-order chi connectivity index (χ1) is 14.5. The predicted octanol–water partition coefficient (Wildman–Crippen LogP) is 3.77. The van der Waals surface area contributed by atoms with Crippen molar-refractivity contribution in [3.8, 4) is 0 Å². The number of nitrogens with one attached hydrogen (secondary N) is 1. The molecule has 1 amide bonds. The van der Waals surface area contributed by atoms with Crippen LogP contribution in [-0.4, -0.2) is 21.2 Å². The summed E-state index contributed by atoms with van der Waals surface area (Å²) in [6.45, 7) is 0.322. The molecule has 6 nitrogen and oxygen atoms in total. The van der Waals surface area contributed by atoms with Crippen LogP contribution in [-0.2, 0) is 24.2 Å². The minimum Gasteiger partial charge on any atom is -0.467 e. The Hall–Kier alpha value is -2.94. The third kappa shape index (κ3) is 4.46. The summed E-state index contributed by atoms with van der Waals surface area (Å²) < 4.78 is 33.3. The van der Waals surface area contributed by atoms with Crippen molar-refractivity contribution in [2.45, 2.75) is 37.3 Å². The maximum atomic E-state index is 13.3. The Bertz CT molecular complexity index is 1130. The Morgan fingerprint density at radius 1 is 1.20 bits per heavy atom. The van der Waals surface area contributed by atoms with Crippen LogP contribution in [0.2, 0.25) is 0 Å². The van der Waals surface area contributed by atoms with Gasteiger partial charge in [-0.05, 0) is 49.9 Å². The molecule has 2 heterocycles. The smallest absolute Gasteiger partial charge is 0.349 e. The van der Waals surface area contributed by atoms with Gasteiger partial charge in [-0.15, -0.1) is 0 Å². The van der Waals surface area contributed by atoms with Gasteiger partial charge in [-0.2, -0.15) is 4.98 Å². The van der Waals surface area contributed by atoms with E-state index >= 15 is 0 Å². The molecule has 0 spiro atoms. The molecule has 156 valence electrons. The van der Waals surface area contributed by atoms with Crippen LogP contribution in [0.4, 0.5) is 14.5 Å². The van der Waals surface area contributed by atoms with Crippen LogP contribution in [0.25, 0.3) is 0 Å². The summed E-state index contributed by atoms with van der Waals surface area (Å²) in [6.07, 6.45) is 5.09. The van der Waals surface area contributed by atoms with Gasteiger partial charge in [0.1, 0.15) is 10.8 Å². The largest absolute Gasteiger partial charge is 0.467 e. The van der Waals surface area contributed by atoms with Gasteiger partial charge in [0.15, 0.2) is 11.6 Å². The molecule has 0 unspecified atom stereocenters. The highest BCUT2D eigenvalue weighted by molar-refractivity contribution is 8.00. The van der Waals surface area contributed by atoms with Crippen LogP contribution in [0, 0.1) is 11.6 Å². The van der Waals surface area contributed by atoms with E-state index < -0.39 is 17.5 Å². The monoisotopic (exact) mass is 431 g/mol. The normalized spacial score (nSPS) is 13.1. The summed E-state index contributed by atoms with van der Waals surface area (Å²) in [4.78, 5) is 29.1. The van der Waals surface area contributed by atoms with Gasteiger partial charge in [-0.25, -0.2) is 13.6 Å². The summed E-state index contributed by atoms with van der Waals surface area (Å²) in [5.41, 5.74) is 1.71. The third-order valence-electron chi connectivity index (χ3n) is 4.89. The van der Waals surface area contributed by atoms with Gasteiger partial charge < -0.3 is 9.73 Å². The molecule has 0 atom stereocenters. The number of hydrogen-bond donors (Lipinski definition) is 1. The predicted molar refractivity (Wildman–Crippen MR) is 109 cm³/mol.